The lowest BCUT2D eigenvalue weighted by Crippen LogP contribution is -2.01. The van der Waals surface area contributed by atoms with Crippen molar-refractivity contribution in [2.75, 3.05) is 11.9 Å². The zero-order valence-corrected chi connectivity index (χ0v) is 9.27. The van der Waals surface area contributed by atoms with Crippen molar-refractivity contribution in [3.63, 3.8) is 0 Å². The Morgan fingerprint density at radius 1 is 1.43 bits per heavy atom. The van der Waals surface area contributed by atoms with Gasteiger partial charge in [-0.2, -0.15) is 0 Å². The Bertz CT molecular complexity index is 323. The van der Waals surface area contributed by atoms with Crippen LogP contribution in [0.3, 0.4) is 0 Å². The Morgan fingerprint density at radius 2 is 2.21 bits per heavy atom. The monoisotopic (exact) mass is 255 g/mol. The van der Waals surface area contributed by atoms with Crippen LogP contribution in [0.15, 0.2) is 22.7 Å². The van der Waals surface area contributed by atoms with E-state index in [4.69, 9.17) is 6.42 Å². The molecule has 0 aromatic heterocycles. The number of anilines is 1. The first-order valence-corrected chi connectivity index (χ1v) is 5.15. The molecule has 0 radical (unpaired) electrons. The smallest absolute Gasteiger partial charge is 0.126 e. The topological polar surface area (TPSA) is 12.0 Å². The van der Waals surface area contributed by atoms with Crippen molar-refractivity contribution in [3.05, 3.63) is 28.5 Å². The van der Waals surface area contributed by atoms with Crippen LogP contribution in [0.2, 0.25) is 0 Å². The fraction of sp³-hybridized carbons (Fsp3) is 0.273. The van der Waals surface area contributed by atoms with Gasteiger partial charge in [-0.05, 0) is 24.6 Å². The highest BCUT2D eigenvalue weighted by molar-refractivity contribution is 9.10. The molecule has 3 heteroatoms. The Labute approximate surface area is 91.8 Å². The fourth-order valence-corrected chi connectivity index (χ4v) is 1.54. The van der Waals surface area contributed by atoms with Gasteiger partial charge in [0.05, 0.1) is 0 Å². The zero-order valence-electron chi connectivity index (χ0n) is 7.69. The number of rotatable bonds is 4. The van der Waals surface area contributed by atoms with Crippen molar-refractivity contribution < 1.29 is 4.39 Å². The first kappa shape index (κ1) is 11.1. The first-order chi connectivity index (χ1) is 6.72. The van der Waals surface area contributed by atoms with Crippen molar-refractivity contribution in [3.8, 4) is 12.3 Å². The lowest BCUT2D eigenvalue weighted by Gasteiger charge is -2.05. The van der Waals surface area contributed by atoms with E-state index in [0.717, 1.165) is 29.5 Å². The maximum atomic E-state index is 12.9. The zero-order chi connectivity index (χ0) is 10.4. The molecule has 1 rings (SSSR count). The van der Waals surface area contributed by atoms with Crippen molar-refractivity contribution >= 4 is 21.6 Å². The molecule has 1 aromatic rings. The predicted octanol–water partition coefficient (Wildman–Crippen LogP) is 3.41. The van der Waals surface area contributed by atoms with Gasteiger partial charge in [0.1, 0.15) is 5.82 Å². The van der Waals surface area contributed by atoms with Gasteiger partial charge in [-0.15, -0.1) is 12.3 Å². The molecule has 0 atom stereocenters. The van der Waals surface area contributed by atoms with Crippen molar-refractivity contribution in [2.45, 2.75) is 12.8 Å². The Morgan fingerprint density at radius 3 is 2.86 bits per heavy atom. The average Bonchev–Trinajstić information content (AvgIpc) is 2.11. The summed E-state index contributed by atoms with van der Waals surface area (Å²) in [6.45, 7) is 0.764. The summed E-state index contributed by atoms with van der Waals surface area (Å²) in [6.07, 6.45) is 6.74. The van der Waals surface area contributed by atoms with Gasteiger partial charge >= 0.3 is 0 Å². The summed E-state index contributed by atoms with van der Waals surface area (Å²) in [7, 11) is 0. The van der Waals surface area contributed by atoms with Crippen LogP contribution in [0.25, 0.3) is 0 Å². The molecule has 1 aromatic carbocycles. The van der Waals surface area contributed by atoms with Crippen LogP contribution in [-0.2, 0) is 0 Å². The molecule has 1 nitrogen and oxygen atoms in total. The van der Waals surface area contributed by atoms with Crippen LogP contribution >= 0.6 is 15.9 Å². The maximum Gasteiger partial charge on any atom is 0.126 e. The van der Waals surface area contributed by atoms with E-state index >= 15 is 0 Å². The lowest BCUT2D eigenvalue weighted by molar-refractivity contribution is 0.627. The molecule has 0 bridgehead atoms. The lowest BCUT2D eigenvalue weighted by atomic mass is 10.3. The largest absolute Gasteiger partial charge is 0.385 e. The molecule has 0 saturated heterocycles. The van der Waals surface area contributed by atoms with Gasteiger partial charge in [0.15, 0.2) is 0 Å². The molecule has 0 aliphatic rings. The molecule has 0 saturated carbocycles. The highest BCUT2D eigenvalue weighted by atomic mass is 79.9. The molecular formula is C11H11BrFN. The van der Waals surface area contributed by atoms with Gasteiger partial charge in [-0.1, -0.05) is 15.9 Å². The summed E-state index contributed by atoms with van der Waals surface area (Å²) in [4.78, 5) is 0. The summed E-state index contributed by atoms with van der Waals surface area (Å²) in [5.41, 5.74) is 0.772. The quantitative estimate of drug-likeness (QED) is 0.643. The molecule has 14 heavy (non-hydrogen) atoms. The van der Waals surface area contributed by atoms with Crippen LogP contribution in [0.1, 0.15) is 12.8 Å². The number of hydrogen-bond donors (Lipinski definition) is 1. The third kappa shape index (κ3) is 3.80. The van der Waals surface area contributed by atoms with Crippen molar-refractivity contribution in [2.24, 2.45) is 0 Å². The maximum absolute atomic E-state index is 12.9. The predicted molar refractivity (Wildman–Crippen MR) is 60.7 cm³/mol. The number of nitrogens with one attached hydrogen (secondary N) is 1. The van der Waals surface area contributed by atoms with E-state index in [1.165, 1.54) is 12.1 Å². The summed E-state index contributed by atoms with van der Waals surface area (Å²) in [5.74, 6) is 2.30. The van der Waals surface area contributed by atoms with Crippen LogP contribution in [-0.4, -0.2) is 6.54 Å². The molecule has 0 spiro atoms. The Balaban J connectivity index is 2.47. The number of benzene rings is 1. The molecule has 0 aliphatic carbocycles. The van der Waals surface area contributed by atoms with E-state index < -0.39 is 0 Å². The van der Waals surface area contributed by atoms with E-state index in [9.17, 15) is 4.39 Å². The van der Waals surface area contributed by atoms with Crippen LogP contribution in [0.5, 0.6) is 0 Å². The second-order valence-electron chi connectivity index (χ2n) is 2.89. The highest BCUT2D eigenvalue weighted by Gasteiger charge is 1.97. The molecule has 0 fully saturated rings. The molecule has 0 unspecified atom stereocenters. The summed E-state index contributed by atoms with van der Waals surface area (Å²) in [5, 5.41) is 3.10. The molecular weight excluding hydrogens is 245 g/mol. The normalized spacial score (nSPS) is 9.50. The van der Waals surface area contributed by atoms with E-state index in [-0.39, 0.29) is 5.82 Å². The standard InChI is InChI=1S/C11H11BrFN/c1-2-3-4-5-14-11-7-9(12)6-10(13)8-11/h1,6-8,14H,3-5H2. The number of unbranched alkanes of at least 4 members (excludes halogenated alkanes) is 1. The number of terminal acetylenes is 1. The van der Waals surface area contributed by atoms with Crippen LogP contribution in [0, 0.1) is 18.2 Å². The molecule has 1 N–H and O–H groups in total. The second kappa shape index (κ2) is 5.66. The molecule has 0 heterocycles. The fourth-order valence-electron chi connectivity index (χ4n) is 1.08. The van der Waals surface area contributed by atoms with E-state index in [0.29, 0.717) is 0 Å². The number of halogens is 2. The molecule has 0 amide bonds. The van der Waals surface area contributed by atoms with Crippen molar-refractivity contribution in [1.29, 1.82) is 0 Å². The van der Waals surface area contributed by atoms with E-state index in [1.807, 2.05) is 6.07 Å². The summed E-state index contributed by atoms with van der Waals surface area (Å²) < 4.78 is 13.6. The van der Waals surface area contributed by atoms with Crippen molar-refractivity contribution in [1.82, 2.24) is 0 Å². The number of hydrogen-bond acceptors (Lipinski definition) is 1. The third-order valence-electron chi connectivity index (χ3n) is 1.69. The molecule has 74 valence electrons. The first-order valence-electron chi connectivity index (χ1n) is 4.36. The summed E-state index contributed by atoms with van der Waals surface area (Å²) in [6, 6.07) is 4.71. The van der Waals surface area contributed by atoms with Gasteiger partial charge < -0.3 is 5.32 Å². The van der Waals surface area contributed by atoms with Crippen LogP contribution in [0.4, 0.5) is 10.1 Å². The summed E-state index contributed by atoms with van der Waals surface area (Å²) >= 11 is 3.22. The van der Waals surface area contributed by atoms with Gasteiger partial charge in [-0.25, -0.2) is 4.39 Å². The van der Waals surface area contributed by atoms with E-state index in [2.05, 4.69) is 27.2 Å². The third-order valence-corrected chi connectivity index (χ3v) is 2.15. The van der Waals surface area contributed by atoms with Gasteiger partial charge in [0.2, 0.25) is 0 Å². The van der Waals surface area contributed by atoms with Gasteiger partial charge in [0, 0.05) is 23.1 Å². The Hall–Kier alpha value is -1.01. The minimum absolute atomic E-state index is 0.251. The average molecular weight is 256 g/mol. The molecule has 0 aliphatic heterocycles. The van der Waals surface area contributed by atoms with Crippen LogP contribution < -0.4 is 5.32 Å². The Kier molecular flexibility index (Phi) is 4.48. The minimum atomic E-state index is -0.251. The second-order valence-corrected chi connectivity index (χ2v) is 3.81. The highest BCUT2D eigenvalue weighted by Crippen LogP contribution is 2.18. The van der Waals surface area contributed by atoms with Gasteiger partial charge in [-0.3, -0.25) is 0 Å². The van der Waals surface area contributed by atoms with E-state index in [1.54, 1.807) is 0 Å². The minimum Gasteiger partial charge on any atom is -0.385 e. The van der Waals surface area contributed by atoms with Gasteiger partial charge in [0.25, 0.3) is 0 Å². The SMILES string of the molecule is C#CCCCNc1cc(F)cc(Br)c1.